The lowest BCUT2D eigenvalue weighted by atomic mass is 10.1. The quantitative estimate of drug-likeness (QED) is 0.0949. The summed E-state index contributed by atoms with van der Waals surface area (Å²) < 4.78 is 18.2. The summed E-state index contributed by atoms with van der Waals surface area (Å²) in [6, 6.07) is 2.43. The van der Waals surface area contributed by atoms with Gasteiger partial charge in [0.15, 0.2) is 0 Å². The first-order valence-corrected chi connectivity index (χ1v) is 21.0. The molecule has 0 aliphatic carbocycles. The second-order valence-electron chi connectivity index (χ2n) is 8.79. The van der Waals surface area contributed by atoms with E-state index in [1.165, 1.54) is 36.8 Å². The average Bonchev–Trinajstić information content (AvgIpc) is 2.65. The summed E-state index contributed by atoms with van der Waals surface area (Å²) in [5.74, 6) is 4.02. The van der Waals surface area contributed by atoms with Crippen molar-refractivity contribution in [2.75, 3.05) is 31.3 Å². The molecule has 0 saturated heterocycles. The molecule has 0 spiro atoms. The molecule has 29 heavy (non-hydrogen) atoms. The molecule has 0 N–H and O–H groups in total. The summed E-state index contributed by atoms with van der Waals surface area (Å²) >= 11 is 0. The van der Waals surface area contributed by atoms with Crippen LogP contribution in [0.5, 0.6) is 0 Å². The van der Waals surface area contributed by atoms with Gasteiger partial charge in [0.25, 0.3) is 0 Å². The number of hydrogen-bond acceptors (Lipinski definition) is 6. The van der Waals surface area contributed by atoms with Crippen LogP contribution in [-0.4, -0.2) is 48.2 Å². The highest BCUT2D eigenvalue weighted by Crippen LogP contribution is 2.38. The van der Waals surface area contributed by atoms with Gasteiger partial charge in [0, 0.05) is 45.4 Å². The molecule has 0 radical (unpaired) electrons. The zero-order valence-corrected chi connectivity index (χ0v) is 24.8. The Morgan fingerprint density at radius 2 is 1.07 bits per heavy atom. The molecule has 0 aliphatic rings. The third-order valence-corrected chi connectivity index (χ3v) is 14.4. The van der Waals surface area contributed by atoms with Crippen molar-refractivity contribution in [3.05, 3.63) is 0 Å². The van der Waals surface area contributed by atoms with Crippen LogP contribution in [-0.2, 0) is 13.3 Å². The summed E-state index contributed by atoms with van der Waals surface area (Å²) in [7, 11) is 2.61. The van der Waals surface area contributed by atoms with Crippen molar-refractivity contribution in [1.82, 2.24) is 0 Å². The average molecular weight is 501 g/mol. The van der Waals surface area contributed by atoms with Crippen molar-refractivity contribution >= 4 is 48.3 Å². The van der Waals surface area contributed by atoms with Gasteiger partial charge >= 0.3 is 8.80 Å². The Hall–Kier alpha value is 1.36. The third kappa shape index (κ3) is 15.7. The minimum absolute atomic E-state index is 0.616. The molecule has 0 saturated carbocycles. The maximum atomic E-state index is 6.05. The normalized spacial score (nSPS) is 14.9. The Morgan fingerprint density at radius 3 is 1.41 bits per heavy atom. The first-order chi connectivity index (χ1) is 13.8. The van der Waals surface area contributed by atoms with Gasteiger partial charge in [-0.1, -0.05) is 74.0 Å². The summed E-state index contributed by atoms with van der Waals surface area (Å²) in [5.41, 5.74) is 0. The van der Waals surface area contributed by atoms with Gasteiger partial charge < -0.3 is 13.3 Å². The van der Waals surface area contributed by atoms with Gasteiger partial charge in [0.2, 0.25) is 0 Å². The van der Waals surface area contributed by atoms with Crippen LogP contribution in [0.3, 0.4) is 0 Å². The number of rotatable bonds is 20. The van der Waals surface area contributed by atoms with Crippen molar-refractivity contribution in [3.63, 3.8) is 0 Å². The summed E-state index contributed by atoms with van der Waals surface area (Å²) in [6.45, 7) is 20.3. The predicted molar refractivity (Wildman–Crippen MR) is 143 cm³/mol. The van der Waals surface area contributed by atoms with Crippen LogP contribution in [0.25, 0.3) is 0 Å². The standard InChI is InChI=1S/C21H48O3S3Si2/c1-9-20(18-28(6,7)8)14-16-25-27-26-17-15-21(10-2)19-29(22-11-3,23-12-4)24-13-5/h20-21H,9-19H2,1-8H3. The molecule has 0 fully saturated rings. The van der Waals surface area contributed by atoms with E-state index in [2.05, 4.69) is 33.5 Å². The molecular weight excluding hydrogens is 453 g/mol. The molecule has 2 unspecified atom stereocenters. The van der Waals surface area contributed by atoms with E-state index >= 15 is 0 Å². The van der Waals surface area contributed by atoms with Crippen LogP contribution in [0.4, 0.5) is 0 Å². The largest absolute Gasteiger partial charge is 0.501 e. The van der Waals surface area contributed by atoms with Gasteiger partial charge in [-0.05, 0) is 55.3 Å². The predicted octanol–water partition coefficient (Wildman–Crippen LogP) is 8.24. The van der Waals surface area contributed by atoms with E-state index in [0.29, 0.717) is 25.7 Å². The highest BCUT2D eigenvalue weighted by molar-refractivity contribution is 9.09. The zero-order valence-electron chi connectivity index (χ0n) is 20.4. The van der Waals surface area contributed by atoms with Gasteiger partial charge in [-0.3, -0.25) is 0 Å². The Morgan fingerprint density at radius 1 is 0.655 bits per heavy atom. The van der Waals surface area contributed by atoms with E-state index in [9.17, 15) is 0 Å². The molecule has 0 bridgehead atoms. The first kappa shape index (κ1) is 30.4. The second-order valence-corrected chi connectivity index (χ2v) is 21.4. The SMILES string of the molecule is CCO[Si](CC(CC)CCSSSCCC(CC)C[Si](C)(C)C)(OCC)OCC. The zero-order chi connectivity index (χ0) is 22.2. The monoisotopic (exact) mass is 500 g/mol. The topological polar surface area (TPSA) is 27.7 Å². The molecule has 0 rings (SSSR count). The minimum atomic E-state index is -2.52. The lowest BCUT2D eigenvalue weighted by Crippen LogP contribution is -2.47. The Bertz CT molecular complexity index is 368. The molecular formula is C21H48O3S3Si2. The van der Waals surface area contributed by atoms with E-state index in [1.54, 1.807) is 0 Å². The van der Waals surface area contributed by atoms with Crippen molar-refractivity contribution in [3.8, 4) is 0 Å². The highest BCUT2D eigenvalue weighted by Gasteiger charge is 2.42. The second kappa shape index (κ2) is 17.9. The lowest BCUT2D eigenvalue weighted by Gasteiger charge is -2.31. The first-order valence-electron chi connectivity index (χ1n) is 11.6. The summed E-state index contributed by atoms with van der Waals surface area (Å²) in [5, 5.41) is 0. The molecule has 0 aromatic rings. The molecule has 0 amide bonds. The van der Waals surface area contributed by atoms with Gasteiger partial charge in [-0.25, -0.2) is 0 Å². The highest BCUT2D eigenvalue weighted by atomic mass is 33.5. The van der Waals surface area contributed by atoms with Crippen LogP contribution >= 0.6 is 31.4 Å². The van der Waals surface area contributed by atoms with Crippen LogP contribution in [0.1, 0.15) is 60.3 Å². The van der Waals surface area contributed by atoms with Crippen molar-refractivity contribution in [2.45, 2.75) is 92.0 Å². The Kier molecular flexibility index (Phi) is 18.7. The molecule has 2 atom stereocenters. The van der Waals surface area contributed by atoms with Crippen LogP contribution < -0.4 is 0 Å². The molecule has 0 heterocycles. The van der Waals surface area contributed by atoms with Gasteiger partial charge in [-0.15, -0.1) is 0 Å². The Labute approximate surface area is 196 Å². The van der Waals surface area contributed by atoms with Gasteiger partial charge in [0.05, 0.1) is 0 Å². The fourth-order valence-electron chi connectivity index (χ4n) is 3.61. The van der Waals surface area contributed by atoms with Crippen molar-refractivity contribution in [1.29, 1.82) is 0 Å². The van der Waals surface area contributed by atoms with E-state index in [-0.39, 0.29) is 0 Å². The molecule has 3 nitrogen and oxygen atoms in total. The lowest BCUT2D eigenvalue weighted by molar-refractivity contribution is 0.0666. The third-order valence-electron chi connectivity index (χ3n) is 5.00. The molecule has 0 aliphatic heterocycles. The van der Waals surface area contributed by atoms with E-state index in [1.807, 2.05) is 52.2 Å². The fourth-order valence-corrected chi connectivity index (χ4v) is 13.1. The summed E-state index contributed by atoms with van der Waals surface area (Å²) in [4.78, 5) is 0. The van der Waals surface area contributed by atoms with Crippen molar-refractivity contribution in [2.24, 2.45) is 11.8 Å². The van der Waals surface area contributed by atoms with Gasteiger partial charge in [-0.2, -0.15) is 0 Å². The number of hydrogen-bond donors (Lipinski definition) is 0. The van der Waals surface area contributed by atoms with E-state index in [4.69, 9.17) is 13.3 Å². The van der Waals surface area contributed by atoms with Crippen LogP contribution in [0.15, 0.2) is 0 Å². The Balaban J connectivity index is 4.19. The van der Waals surface area contributed by atoms with Gasteiger partial charge in [0.1, 0.15) is 0 Å². The van der Waals surface area contributed by atoms with Crippen LogP contribution in [0.2, 0.25) is 31.7 Å². The minimum Gasteiger partial charge on any atom is -0.374 e. The molecule has 8 heteroatoms. The van der Waals surface area contributed by atoms with E-state index in [0.717, 1.165) is 18.4 Å². The summed E-state index contributed by atoms with van der Waals surface area (Å²) in [6.07, 6.45) is 5.09. The molecule has 176 valence electrons. The smallest absolute Gasteiger partial charge is 0.374 e. The van der Waals surface area contributed by atoms with Crippen LogP contribution in [0, 0.1) is 11.8 Å². The molecule has 0 aromatic heterocycles. The maximum absolute atomic E-state index is 6.05. The van der Waals surface area contributed by atoms with E-state index < -0.39 is 16.9 Å². The fraction of sp³-hybridized carbons (Fsp3) is 1.00. The van der Waals surface area contributed by atoms with Crippen molar-refractivity contribution < 1.29 is 13.3 Å². The maximum Gasteiger partial charge on any atom is 0.501 e. The molecule has 0 aromatic carbocycles.